The molecule has 1 saturated heterocycles. The minimum absolute atomic E-state index is 0.0581. The number of rotatable bonds is 7. The first-order valence-electron chi connectivity index (χ1n) is 9.50. The van der Waals surface area contributed by atoms with Crippen molar-refractivity contribution < 1.29 is 27.5 Å². The third kappa shape index (κ3) is 5.47. The number of pyridine rings is 1. The summed E-state index contributed by atoms with van der Waals surface area (Å²) in [5.74, 6) is -0.436. The molecular weight excluding hydrogens is 451 g/mol. The number of halogens is 4. The Kier molecular flexibility index (Phi) is 7.22. The summed E-state index contributed by atoms with van der Waals surface area (Å²) < 4.78 is 44.3. The van der Waals surface area contributed by atoms with Gasteiger partial charge in [-0.3, -0.25) is 4.79 Å². The van der Waals surface area contributed by atoms with Gasteiger partial charge in [0, 0.05) is 18.3 Å². The fraction of sp³-hybridized carbons (Fsp3) is 0.350. The van der Waals surface area contributed by atoms with Crippen molar-refractivity contribution in [2.24, 2.45) is 5.73 Å². The van der Waals surface area contributed by atoms with Gasteiger partial charge in [-0.25, -0.2) is 9.78 Å². The predicted octanol–water partition coefficient (Wildman–Crippen LogP) is 3.02. The summed E-state index contributed by atoms with van der Waals surface area (Å²) in [5, 5.41) is 4.93. The molecule has 0 aliphatic carbocycles. The van der Waals surface area contributed by atoms with Gasteiger partial charge in [0.1, 0.15) is 17.9 Å². The molecule has 0 radical (unpaired) electrons. The molecule has 1 fully saturated rings. The summed E-state index contributed by atoms with van der Waals surface area (Å²) in [6, 6.07) is 4.82. The molecule has 3 amide bonds. The molecule has 32 heavy (non-hydrogen) atoms. The normalized spacial score (nSPS) is 18.2. The number of hydrogen-bond acceptors (Lipinski definition) is 5. The number of nitrogens with two attached hydrogens (primary N) is 1. The zero-order valence-electron chi connectivity index (χ0n) is 16.9. The van der Waals surface area contributed by atoms with E-state index in [4.69, 9.17) is 22.1 Å². The van der Waals surface area contributed by atoms with Gasteiger partial charge < -0.3 is 26.0 Å². The summed E-state index contributed by atoms with van der Waals surface area (Å²) in [5.41, 5.74) is 6.92. The third-order valence-corrected chi connectivity index (χ3v) is 5.18. The molecule has 8 nitrogen and oxygen atoms in total. The third-order valence-electron chi connectivity index (χ3n) is 4.94. The number of amides is 3. The quantitative estimate of drug-likeness (QED) is 0.575. The van der Waals surface area contributed by atoms with Crippen molar-refractivity contribution >= 4 is 29.4 Å². The second-order valence-electron chi connectivity index (χ2n) is 7.16. The van der Waals surface area contributed by atoms with Gasteiger partial charge in [-0.2, -0.15) is 13.2 Å². The predicted molar refractivity (Wildman–Crippen MR) is 111 cm³/mol. The lowest BCUT2D eigenvalue weighted by Crippen LogP contribution is -2.40. The monoisotopic (exact) mass is 471 g/mol. The number of anilines is 1. The van der Waals surface area contributed by atoms with Gasteiger partial charge in [0.05, 0.1) is 19.2 Å². The molecule has 3 rings (SSSR count). The van der Waals surface area contributed by atoms with E-state index in [-0.39, 0.29) is 12.4 Å². The first kappa shape index (κ1) is 23.8. The van der Waals surface area contributed by atoms with Crippen LogP contribution in [0, 0.1) is 0 Å². The van der Waals surface area contributed by atoms with Crippen molar-refractivity contribution in [3.8, 4) is 0 Å². The number of aromatic nitrogens is 1. The largest absolute Gasteiger partial charge is 0.410 e. The number of carbonyl (C=O) groups is 2. The summed E-state index contributed by atoms with van der Waals surface area (Å²) in [7, 11) is 1.37. The van der Waals surface area contributed by atoms with Crippen LogP contribution in [0.15, 0.2) is 42.6 Å². The van der Waals surface area contributed by atoms with Gasteiger partial charge in [-0.15, -0.1) is 0 Å². The molecular formula is C20H21ClF3N5O3. The Morgan fingerprint density at radius 1 is 1.38 bits per heavy atom. The first-order chi connectivity index (χ1) is 15.1. The summed E-state index contributed by atoms with van der Waals surface area (Å²) >= 11 is 5.93. The molecule has 1 aliphatic rings. The van der Waals surface area contributed by atoms with E-state index in [9.17, 15) is 22.8 Å². The van der Waals surface area contributed by atoms with Crippen LogP contribution in [0.5, 0.6) is 0 Å². The van der Waals surface area contributed by atoms with Gasteiger partial charge in [-0.1, -0.05) is 23.7 Å². The SMILES string of the molecule is COC[C@H](c1ccnc(NC(=O)[C@@H](N)c2cccc(Cl)c2)c1)N1C[C@@H](C(F)(F)F)NC1=O. The number of hydrogen-bond donors (Lipinski definition) is 3. The summed E-state index contributed by atoms with van der Waals surface area (Å²) in [6.07, 6.45) is -3.20. The van der Waals surface area contributed by atoms with E-state index in [1.165, 1.54) is 25.4 Å². The van der Waals surface area contributed by atoms with Gasteiger partial charge in [-0.05, 0) is 35.4 Å². The maximum Gasteiger partial charge on any atom is 0.410 e. The molecule has 1 aromatic carbocycles. The van der Waals surface area contributed by atoms with E-state index in [0.29, 0.717) is 16.1 Å². The van der Waals surface area contributed by atoms with E-state index >= 15 is 0 Å². The van der Waals surface area contributed by atoms with E-state index in [1.807, 2.05) is 5.32 Å². The molecule has 1 aromatic heterocycles. The fourth-order valence-electron chi connectivity index (χ4n) is 3.31. The zero-order chi connectivity index (χ0) is 23.5. The van der Waals surface area contributed by atoms with Crippen LogP contribution in [0.1, 0.15) is 23.2 Å². The summed E-state index contributed by atoms with van der Waals surface area (Å²) in [6.45, 7) is -0.628. The molecule has 12 heteroatoms. The molecule has 1 aliphatic heterocycles. The number of carbonyl (C=O) groups excluding carboxylic acids is 2. The number of benzene rings is 1. The van der Waals surface area contributed by atoms with Crippen LogP contribution in [0.3, 0.4) is 0 Å². The Morgan fingerprint density at radius 2 is 2.12 bits per heavy atom. The van der Waals surface area contributed by atoms with Crippen LogP contribution in [0.4, 0.5) is 23.8 Å². The summed E-state index contributed by atoms with van der Waals surface area (Å²) in [4.78, 5) is 29.9. The lowest BCUT2D eigenvalue weighted by Gasteiger charge is -2.27. The van der Waals surface area contributed by atoms with Crippen molar-refractivity contribution in [1.29, 1.82) is 0 Å². The second kappa shape index (κ2) is 9.72. The van der Waals surface area contributed by atoms with Crippen LogP contribution in [-0.4, -0.2) is 54.3 Å². The van der Waals surface area contributed by atoms with Crippen molar-refractivity contribution in [3.63, 3.8) is 0 Å². The van der Waals surface area contributed by atoms with Crippen molar-refractivity contribution in [1.82, 2.24) is 15.2 Å². The highest BCUT2D eigenvalue weighted by Crippen LogP contribution is 2.30. The lowest BCUT2D eigenvalue weighted by molar-refractivity contribution is -0.150. The first-order valence-corrected chi connectivity index (χ1v) is 9.88. The van der Waals surface area contributed by atoms with Crippen LogP contribution in [-0.2, 0) is 9.53 Å². The highest BCUT2D eigenvalue weighted by Gasteiger charge is 2.48. The molecule has 3 atom stereocenters. The Hall–Kier alpha value is -2.89. The molecule has 172 valence electrons. The van der Waals surface area contributed by atoms with Gasteiger partial charge in [0.2, 0.25) is 5.91 Å². The zero-order valence-corrected chi connectivity index (χ0v) is 17.7. The van der Waals surface area contributed by atoms with Crippen LogP contribution >= 0.6 is 11.6 Å². The fourth-order valence-corrected chi connectivity index (χ4v) is 3.51. The maximum atomic E-state index is 13.1. The molecule has 2 heterocycles. The number of urea groups is 1. The van der Waals surface area contributed by atoms with Crippen LogP contribution < -0.4 is 16.4 Å². The molecule has 2 aromatic rings. The Morgan fingerprint density at radius 3 is 2.75 bits per heavy atom. The van der Waals surface area contributed by atoms with Crippen molar-refractivity contribution in [3.05, 3.63) is 58.7 Å². The second-order valence-corrected chi connectivity index (χ2v) is 7.60. The van der Waals surface area contributed by atoms with E-state index in [0.717, 1.165) is 4.90 Å². The smallest absolute Gasteiger partial charge is 0.382 e. The van der Waals surface area contributed by atoms with Gasteiger partial charge in [0.15, 0.2) is 0 Å². The average Bonchev–Trinajstić information content (AvgIpc) is 3.13. The minimum atomic E-state index is -4.57. The van der Waals surface area contributed by atoms with Crippen molar-refractivity contribution in [2.75, 3.05) is 25.6 Å². The molecule has 4 N–H and O–H groups in total. The average molecular weight is 472 g/mol. The van der Waals surface area contributed by atoms with E-state index < -0.39 is 42.8 Å². The highest BCUT2D eigenvalue weighted by atomic mass is 35.5. The van der Waals surface area contributed by atoms with Crippen molar-refractivity contribution in [2.45, 2.75) is 24.3 Å². The Balaban J connectivity index is 1.78. The molecule has 0 unspecified atom stereocenters. The minimum Gasteiger partial charge on any atom is -0.382 e. The number of nitrogens with one attached hydrogen (secondary N) is 2. The maximum absolute atomic E-state index is 13.1. The Bertz CT molecular complexity index is 991. The van der Waals surface area contributed by atoms with E-state index in [2.05, 4.69) is 10.3 Å². The molecule has 0 spiro atoms. The number of alkyl halides is 3. The van der Waals surface area contributed by atoms with Crippen LogP contribution in [0.25, 0.3) is 0 Å². The van der Waals surface area contributed by atoms with Crippen LogP contribution in [0.2, 0.25) is 5.02 Å². The standard InChI is InChI=1S/C20H21ClF3N5O3/c1-32-10-14(29-9-15(20(22,23)24)27-19(29)31)11-5-6-26-16(8-11)28-18(30)17(25)12-3-2-4-13(21)7-12/h2-8,14-15,17H,9-10,25H2,1H3,(H,27,31)(H,26,28,30)/t14-,15+,17+/m1/s1. The highest BCUT2D eigenvalue weighted by molar-refractivity contribution is 6.30. The van der Waals surface area contributed by atoms with Gasteiger partial charge in [0.25, 0.3) is 0 Å². The number of methoxy groups -OCH3 is 1. The number of nitrogens with zero attached hydrogens (tertiary/aromatic N) is 2. The van der Waals surface area contributed by atoms with Gasteiger partial charge >= 0.3 is 12.2 Å². The Labute approximate surface area is 186 Å². The molecule has 0 bridgehead atoms. The lowest BCUT2D eigenvalue weighted by atomic mass is 10.1. The molecule has 0 saturated carbocycles. The van der Waals surface area contributed by atoms with E-state index in [1.54, 1.807) is 24.3 Å². The number of ether oxygens (including phenoxy) is 1. The topological polar surface area (TPSA) is 110 Å².